The van der Waals surface area contributed by atoms with Crippen molar-refractivity contribution in [1.82, 2.24) is 0 Å². The van der Waals surface area contributed by atoms with Crippen molar-refractivity contribution in [2.75, 3.05) is 6.61 Å². The Hall–Kier alpha value is -1.88. The predicted molar refractivity (Wildman–Crippen MR) is 92.7 cm³/mol. The van der Waals surface area contributed by atoms with Gasteiger partial charge in [-0.05, 0) is 43.9 Å². The monoisotopic (exact) mass is 321 g/mol. The maximum atomic E-state index is 11.4. The fraction of sp³-hybridized carbons (Fsp3) is 0.353. The van der Waals surface area contributed by atoms with Gasteiger partial charge < -0.3 is 15.2 Å². The number of nitrogens with two attached hydrogens (primary N) is 1. The summed E-state index contributed by atoms with van der Waals surface area (Å²) in [7, 11) is 0. The van der Waals surface area contributed by atoms with Crippen LogP contribution >= 0.6 is 12.6 Å². The van der Waals surface area contributed by atoms with Gasteiger partial charge in [-0.25, -0.2) is 0 Å². The molecule has 0 aliphatic rings. The zero-order chi connectivity index (χ0) is 16.5. The van der Waals surface area contributed by atoms with Crippen LogP contribution < -0.4 is 15.2 Å². The maximum Gasteiger partial charge on any atom is 0.248 e. The average molecular weight is 321 g/mol. The number of hydrogen-bond acceptors (Lipinski definition) is 4. The molecule has 1 aromatic rings. The Morgan fingerprint density at radius 3 is 2.55 bits per heavy atom. The Bertz CT molecular complexity index is 565. The summed E-state index contributed by atoms with van der Waals surface area (Å²) in [6, 6.07) is 5.01. The van der Waals surface area contributed by atoms with E-state index in [2.05, 4.69) is 12.6 Å². The normalized spacial score (nSPS) is 12.0. The molecular formula is C17H23NO3S. The predicted octanol–water partition coefficient (Wildman–Crippen LogP) is 3.73. The van der Waals surface area contributed by atoms with Crippen LogP contribution in [-0.2, 0) is 0 Å². The van der Waals surface area contributed by atoms with E-state index in [0.717, 1.165) is 12.0 Å². The smallest absolute Gasteiger partial charge is 0.248 e. The van der Waals surface area contributed by atoms with Crippen LogP contribution in [0.1, 0.15) is 37.6 Å². The minimum atomic E-state index is -0.508. The molecule has 0 spiro atoms. The number of benzene rings is 1. The van der Waals surface area contributed by atoms with Crippen LogP contribution in [0.5, 0.6) is 11.5 Å². The number of primary amides is 1. The Morgan fingerprint density at radius 1 is 1.32 bits per heavy atom. The lowest BCUT2D eigenvalue weighted by atomic mass is 10.2. The van der Waals surface area contributed by atoms with Crippen molar-refractivity contribution in [3.8, 4) is 11.5 Å². The van der Waals surface area contributed by atoms with Crippen LogP contribution in [-0.4, -0.2) is 18.6 Å². The van der Waals surface area contributed by atoms with E-state index in [-0.39, 0.29) is 6.10 Å². The lowest BCUT2D eigenvalue weighted by Gasteiger charge is -2.13. The zero-order valence-corrected chi connectivity index (χ0v) is 14.1. The molecule has 22 heavy (non-hydrogen) atoms. The van der Waals surface area contributed by atoms with Crippen molar-refractivity contribution in [1.29, 1.82) is 0 Å². The van der Waals surface area contributed by atoms with Gasteiger partial charge in [-0.3, -0.25) is 4.79 Å². The lowest BCUT2D eigenvalue weighted by Crippen LogP contribution is -2.13. The Labute approximate surface area is 137 Å². The van der Waals surface area contributed by atoms with Crippen molar-refractivity contribution >= 4 is 18.5 Å². The highest BCUT2D eigenvalue weighted by Gasteiger charge is 2.08. The number of rotatable bonds is 8. The van der Waals surface area contributed by atoms with Crippen molar-refractivity contribution in [3.63, 3.8) is 0 Å². The molecule has 0 saturated carbocycles. The van der Waals surface area contributed by atoms with E-state index in [1.165, 1.54) is 0 Å². The summed E-state index contributed by atoms with van der Waals surface area (Å²) in [6.45, 7) is 6.28. The molecule has 0 aliphatic heterocycles. The zero-order valence-electron chi connectivity index (χ0n) is 13.2. The highest BCUT2D eigenvalue weighted by Crippen LogP contribution is 2.24. The minimum absolute atomic E-state index is 0.00567. The molecule has 0 heterocycles. The van der Waals surface area contributed by atoms with Crippen molar-refractivity contribution in [2.24, 2.45) is 5.73 Å². The number of allylic oxidation sites excluding steroid dienone is 2. The van der Waals surface area contributed by atoms with E-state index in [1.807, 2.05) is 32.9 Å². The molecule has 2 N–H and O–H groups in total. The second-order valence-electron chi connectivity index (χ2n) is 5.00. The molecule has 0 bridgehead atoms. The van der Waals surface area contributed by atoms with Gasteiger partial charge in [0.2, 0.25) is 5.91 Å². The van der Waals surface area contributed by atoms with Gasteiger partial charge in [-0.2, -0.15) is 12.6 Å². The fourth-order valence-corrected chi connectivity index (χ4v) is 2.04. The van der Waals surface area contributed by atoms with Crippen LogP contribution in [0, 0.1) is 0 Å². The number of carbonyl (C=O) groups excluding carboxylic acids is 1. The van der Waals surface area contributed by atoms with E-state index >= 15 is 0 Å². The molecule has 1 aromatic carbocycles. The van der Waals surface area contributed by atoms with Crippen LogP contribution in [0.2, 0.25) is 0 Å². The van der Waals surface area contributed by atoms with E-state index in [9.17, 15) is 4.79 Å². The molecule has 1 rings (SSSR count). The summed E-state index contributed by atoms with van der Waals surface area (Å²) in [5, 5.41) is 1.69. The molecule has 0 unspecified atom stereocenters. The Kier molecular flexibility index (Phi) is 7.60. The van der Waals surface area contributed by atoms with E-state index in [1.54, 1.807) is 23.6 Å². The van der Waals surface area contributed by atoms with Gasteiger partial charge in [-0.15, -0.1) is 0 Å². The van der Waals surface area contributed by atoms with Crippen molar-refractivity contribution in [2.45, 2.75) is 33.3 Å². The van der Waals surface area contributed by atoms with E-state index < -0.39 is 5.91 Å². The number of ether oxygens (including phenoxy) is 2. The number of amides is 1. The largest absolute Gasteiger partial charge is 0.493 e. The molecule has 4 nitrogen and oxygen atoms in total. The Morgan fingerprint density at radius 2 is 2.00 bits per heavy atom. The van der Waals surface area contributed by atoms with Gasteiger partial charge in [0, 0.05) is 18.1 Å². The summed E-state index contributed by atoms with van der Waals surface area (Å²) in [6.07, 6.45) is 4.67. The summed E-state index contributed by atoms with van der Waals surface area (Å²) < 4.78 is 11.3. The van der Waals surface area contributed by atoms with Gasteiger partial charge in [0.25, 0.3) is 0 Å². The van der Waals surface area contributed by atoms with Gasteiger partial charge in [0.1, 0.15) is 11.5 Å². The first-order valence-corrected chi connectivity index (χ1v) is 7.68. The molecule has 0 aliphatic carbocycles. The molecular weight excluding hydrogens is 298 g/mol. The third-order valence-electron chi connectivity index (χ3n) is 2.86. The average Bonchev–Trinajstić information content (AvgIpc) is 2.45. The maximum absolute atomic E-state index is 11.4. The molecule has 0 atom stereocenters. The van der Waals surface area contributed by atoms with Crippen LogP contribution in [0.25, 0.3) is 0 Å². The van der Waals surface area contributed by atoms with Crippen molar-refractivity contribution in [3.05, 3.63) is 46.9 Å². The molecule has 5 heteroatoms. The number of hydrogen-bond donors (Lipinski definition) is 2. The highest BCUT2D eigenvalue weighted by atomic mass is 32.1. The van der Waals surface area contributed by atoms with Crippen LogP contribution in [0.4, 0.5) is 0 Å². The van der Waals surface area contributed by atoms with Gasteiger partial charge in [0.15, 0.2) is 0 Å². The van der Waals surface area contributed by atoms with E-state index in [4.69, 9.17) is 15.2 Å². The summed E-state index contributed by atoms with van der Waals surface area (Å²) in [5.74, 6) is 0.631. The summed E-state index contributed by atoms with van der Waals surface area (Å²) in [4.78, 5) is 11.4. The van der Waals surface area contributed by atoms with Gasteiger partial charge in [-0.1, -0.05) is 12.2 Å². The summed E-state index contributed by atoms with van der Waals surface area (Å²) >= 11 is 4.06. The molecule has 120 valence electrons. The van der Waals surface area contributed by atoms with Crippen molar-refractivity contribution < 1.29 is 14.3 Å². The number of thiol groups is 1. The quantitative estimate of drug-likeness (QED) is 0.566. The first-order valence-electron chi connectivity index (χ1n) is 7.16. The Balaban J connectivity index is 2.80. The molecule has 1 amide bonds. The first kappa shape index (κ1) is 18.2. The third kappa shape index (κ3) is 6.26. The number of carbonyl (C=O) groups is 1. The lowest BCUT2D eigenvalue weighted by molar-refractivity contribution is 0.0999. The van der Waals surface area contributed by atoms with Gasteiger partial charge >= 0.3 is 0 Å². The first-order chi connectivity index (χ1) is 10.5. The second-order valence-corrected chi connectivity index (χ2v) is 5.30. The summed E-state index contributed by atoms with van der Waals surface area (Å²) in [5.41, 5.74) is 6.84. The SMILES string of the molecule is C/C=C(\C=C/S)CCOc1cc(OC(C)C)cc(C(N)=O)c1. The standard InChI is InChI=1S/C17H23NO3S/c1-4-13(6-8-22)5-7-20-15-9-14(17(18)19)10-16(11-15)21-12(2)3/h4,6,8-12,22H,5,7H2,1-3H3,(H2,18,19)/b8-6-,13-4-. The van der Waals surface area contributed by atoms with Crippen LogP contribution in [0.15, 0.2) is 41.3 Å². The van der Waals surface area contributed by atoms with Gasteiger partial charge in [0.05, 0.1) is 12.7 Å². The molecule has 0 saturated heterocycles. The fourth-order valence-electron chi connectivity index (χ4n) is 1.84. The minimum Gasteiger partial charge on any atom is -0.493 e. The van der Waals surface area contributed by atoms with Crippen LogP contribution in [0.3, 0.4) is 0 Å². The second kappa shape index (κ2) is 9.20. The third-order valence-corrected chi connectivity index (χ3v) is 3.00. The molecule has 0 fully saturated rings. The molecule has 0 aromatic heterocycles. The molecule has 0 radical (unpaired) electrons. The van der Waals surface area contributed by atoms with E-state index in [0.29, 0.717) is 23.7 Å². The highest BCUT2D eigenvalue weighted by molar-refractivity contribution is 7.83. The topological polar surface area (TPSA) is 61.6 Å².